The van der Waals surface area contributed by atoms with Crippen molar-refractivity contribution in [3.8, 4) is 28.6 Å². The second-order valence-electron chi connectivity index (χ2n) is 6.09. The molecule has 1 heterocycles. The Morgan fingerprint density at radius 2 is 1.96 bits per heavy atom. The van der Waals surface area contributed by atoms with Gasteiger partial charge in [-0.05, 0) is 42.7 Å². The number of nitrogens with zero attached hydrogens (tertiary/aromatic N) is 2. The molecule has 3 rings (SSSR count). The molecule has 0 atom stereocenters. The van der Waals surface area contributed by atoms with E-state index in [1.807, 2.05) is 43.3 Å². The number of aryl methyl sites for hydroxylation is 1. The SMILES string of the molecule is Cc1ccccc1-c1nc(-c2ccc(OCC(C)C)c(Cl)c2)no1. The first-order valence-corrected chi connectivity index (χ1v) is 8.25. The van der Waals surface area contributed by atoms with Crippen LogP contribution in [0.3, 0.4) is 0 Å². The Hall–Kier alpha value is -2.33. The second kappa shape index (κ2) is 7.05. The van der Waals surface area contributed by atoms with Gasteiger partial charge in [0, 0.05) is 11.1 Å². The van der Waals surface area contributed by atoms with E-state index in [4.69, 9.17) is 20.9 Å². The van der Waals surface area contributed by atoms with Crippen LogP contribution in [0.5, 0.6) is 5.75 Å². The van der Waals surface area contributed by atoms with Crippen molar-refractivity contribution in [2.45, 2.75) is 20.8 Å². The minimum Gasteiger partial charge on any atom is -0.492 e. The lowest BCUT2D eigenvalue weighted by atomic mass is 10.1. The van der Waals surface area contributed by atoms with Crippen molar-refractivity contribution in [1.29, 1.82) is 0 Å². The number of hydrogen-bond donors (Lipinski definition) is 0. The molecule has 0 saturated carbocycles. The maximum Gasteiger partial charge on any atom is 0.258 e. The van der Waals surface area contributed by atoms with Gasteiger partial charge in [0.1, 0.15) is 5.75 Å². The largest absolute Gasteiger partial charge is 0.492 e. The van der Waals surface area contributed by atoms with Gasteiger partial charge >= 0.3 is 0 Å². The lowest BCUT2D eigenvalue weighted by molar-refractivity contribution is 0.271. The Labute approximate surface area is 146 Å². The molecule has 0 aliphatic carbocycles. The Kier molecular flexibility index (Phi) is 4.86. The van der Waals surface area contributed by atoms with Crippen LogP contribution in [-0.2, 0) is 0 Å². The third-order valence-corrected chi connectivity index (χ3v) is 3.86. The molecular formula is C19H19ClN2O2. The van der Waals surface area contributed by atoms with Gasteiger partial charge in [0.25, 0.3) is 5.89 Å². The van der Waals surface area contributed by atoms with Crippen LogP contribution in [0.4, 0.5) is 0 Å². The molecule has 124 valence electrons. The number of benzene rings is 2. The summed E-state index contributed by atoms with van der Waals surface area (Å²) in [5.41, 5.74) is 2.81. The normalized spacial score (nSPS) is 11.0. The maximum atomic E-state index is 6.30. The van der Waals surface area contributed by atoms with Gasteiger partial charge in [0.15, 0.2) is 0 Å². The van der Waals surface area contributed by atoms with Gasteiger partial charge < -0.3 is 9.26 Å². The van der Waals surface area contributed by atoms with Gasteiger partial charge in [0.05, 0.1) is 11.6 Å². The molecule has 0 amide bonds. The number of ether oxygens (including phenoxy) is 1. The highest BCUT2D eigenvalue weighted by Crippen LogP contribution is 2.31. The summed E-state index contributed by atoms with van der Waals surface area (Å²) in [6, 6.07) is 13.4. The molecule has 0 unspecified atom stereocenters. The predicted molar refractivity (Wildman–Crippen MR) is 95.3 cm³/mol. The molecule has 0 N–H and O–H groups in total. The summed E-state index contributed by atoms with van der Waals surface area (Å²) in [5.74, 6) is 2.11. The second-order valence-corrected chi connectivity index (χ2v) is 6.50. The molecule has 0 aliphatic rings. The van der Waals surface area contributed by atoms with Crippen LogP contribution in [-0.4, -0.2) is 16.7 Å². The minimum absolute atomic E-state index is 0.439. The van der Waals surface area contributed by atoms with Crippen molar-refractivity contribution in [2.75, 3.05) is 6.61 Å². The fourth-order valence-electron chi connectivity index (χ4n) is 2.28. The number of rotatable bonds is 5. The molecule has 4 nitrogen and oxygen atoms in total. The summed E-state index contributed by atoms with van der Waals surface area (Å²) >= 11 is 6.30. The quantitative estimate of drug-likeness (QED) is 0.622. The molecule has 5 heteroatoms. The highest BCUT2D eigenvalue weighted by Gasteiger charge is 2.14. The molecule has 0 bridgehead atoms. The molecule has 0 radical (unpaired) electrons. The van der Waals surface area contributed by atoms with Crippen LogP contribution in [0.15, 0.2) is 47.0 Å². The summed E-state index contributed by atoms with van der Waals surface area (Å²) in [7, 11) is 0. The molecule has 3 aromatic rings. The van der Waals surface area contributed by atoms with Gasteiger partial charge in [-0.15, -0.1) is 0 Å². The zero-order valence-corrected chi connectivity index (χ0v) is 14.7. The van der Waals surface area contributed by atoms with Gasteiger partial charge in [-0.1, -0.05) is 48.8 Å². The van der Waals surface area contributed by atoms with Crippen molar-refractivity contribution < 1.29 is 9.26 Å². The van der Waals surface area contributed by atoms with Crippen molar-refractivity contribution >= 4 is 11.6 Å². The third-order valence-electron chi connectivity index (χ3n) is 3.56. The van der Waals surface area contributed by atoms with Crippen LogP contribution >= 0.6 is 11.6 Å². The standard InChI is InChI=1S/C19H19ClN2O2/c1-12(2)11-23-17-9-8-14(10-16(17)20)18-21-19(24-22-18)15-7-5-4-6-13(15)3/h4-10,12H,11H2,1-3H3. The van der Waals surface area contributed by atoms with Crippen molar-refractivity contribution in [3.05, 3.63) is 53.1 Å². The van der Waals surface area contributed by atoms with Crippen molar-refractivity contribution in [2.24, 2.45) is 5.92 Å². The van der Waals surface area contributed by atoms with E-state index in [0.717, 1.165) is 16.7 Å². The van der Waals surface area contributed by atoms with Crippen LogP contribution < -0.4 is 4.74 Å². The predicted octanol–water partition coefficient (Wildman–Crippen LogP) is 5.40. The average molecular weight is 343 g/mol. The van der Waals surface area contributed by atoms with E-state index >= 15 is 0 Å². The molecule has 0 aliphatic heterocycles. The molecule has 1 aromatic heterocycles. The van der Waals surface area contributed by atoms with Gasteiger partial charge in [0.2, 0.25) is 5.82 Å². The topological polar surface area (TPSA) is 48.2 Å². The summed E-state index contributed by atoms with van der Waals surface area (Å²) in [6.45, 7) is 6.82. The van der Waals surface area contributed by atoms with Gasteiger partial charge in [-0.3, -0.25) is 0 Å². The Morgan fingerprint density at radius 1 is 1.17 bits per heavy atom. The molecular weight excluding hydrogens is 324 g/mol. The van der Waals surface area contributed by atoms with E-state index < -0.39 is 0 Å². The fourth-order valence-corrected chi connectivity index (χ4v) is 2.51. The van der Waals surface area contributed by atoms with Gasteiger partial charge in [-0.2, -0.15) is 4.98 Å². The van der Waals surface area contributed by atoms with Gasteiger partial charge in [-0.25, -0.2) is 0 Å². The van der Waals surface area contributed by atoms with Crippen LogP contribution in [0.25, 0.3) is 22.8 Å². The Balaban J connectivity index is 1.85. The summed E-state index contributed by atoms with van der Waals surface area (Å²) in [5, 5.41) is 4.60. The number of hydrogen-bond acceptors (Lipinski definition) is 4. The van der Waals surface area contributed by atoms with E-state index in [0.29, 0.717) is 35.0 Å². The van der Waals surface area contributed by atoms with Crippen molar-refractivity contribution in [3.63, 3.8) is 0 Å². The van der Waals surface area contributed by atoms with E-state index in [9.17, 15) is 0 Å². The molecule has 0 fully saturated rings. The fraction of sp³-hybridized carbons (Fsp3) is 0.263. The van der Waals surface area contributed by atoms with Crippen LogP contribution in [0, 0.1) is 12.8 Å². The first-order valence-electron chi connectivity index (χ1n) is 7.87. The highest BCUT2D eigenvalue weighted by atomic mass is 35.5. The summed E-state index contributed by atoms with van der Waals surface area (Å²) in [4.78, 5) is 4.48. The number of aromatic nitrogens is 2. The van der Waals surface area contributed by atoms with E-state index in [1.54, 1.807) is 6.07 Å². The maximum absolute atomic E-state index is 6.30. The van der Waals surface area contributed by atoms with Crippen LogP contribution in [0.2, 0.25) is 5.02 Å². The highest BCUT2D eigenvalue weighted by molar-refractivity contribution is 6.32. The van der Waals surface area contributed by atoms with Crippen LogP contribution in [0.1, 0.15) is 19.4 Å². The number of halogens is 1. The average Bonchev–Trinajstić information content (AvgIpc) is 3.03. The monoisotopic (exact) mass is 342 g/mol. The third kappa shape index (κ3) is 3.60. The first-order chi connectivity index (χ1) is 11.5. The van der Waals surface area contributed by atoms with E-state index in [2.05, 4.69) is 24.0 Å². The van der Waals surface area contributed by atoms with Crippen molar-refractivity contribution in [1.82, 2.24) is 10.1 Å². The molecule has 2 aromatic carbocycles. The molecule has 0 saturated heterocycles. The minimum atomic E-state index is 0.439. The van der Waals surface area contributed by atoms with E-state index in [1.165, 1.54) is 0 Å². The molecule has 0 spiro atoms. The first kappa shape index (κ1) is 16.5. The summed E-state index contributed by atoms with van der Waals surface area (Å²) in [6.07, 6.45) is 0. The smallest absolute Gasteiger partial charge is 0.258 e. The molecule has 24 heavy (non-hydrogen) atoms. The zero-order valence-electron chi connectivity index (χ0n) is 13.9. The summed E-state index contributed by atoms with van der Waals surface area (Å²) < 4.78 is 11.1. The Bertz CT molecular complexity index is 843. The zero-order chi connectivity index (χ0) is 17.1. The lowest BCUT2D eigenvalue weighted by Gasteiger charge is -2.10. The lowest BCUT2D eigenvalue weighted by Crippen LogP contribution is -2.04. The van der Waals surface area contributed by atoms with E-state index in [-0.39, 0.29) is 0 Å². The Morgan fingerprint density at radius 3 is 2.67 bits per heavy atom.